The van der Waals surface area contributed by atoms with Crippen molar-refractivity contribution in [1.29, 1.82) is 0 Å². The first-order valence-corrected chi connectivity index (χ1v) is 5.10. The van der Waals surface area contributed by atoms with Crippen LogP contribution in [0.2, 0.25) is 0 Å². The quantitative estimate of drug-likeness (QED) is 0.608. The molecule has 0 N–H and O–H groups in total. The predicted octanol–water partition coefficient (Wildman–Crippen LogP) is 0.629. The van der Waals surface area contributed by atoms with E-state index >= 15 is 0 Å². The minimum Gasteiger partial charge on any atom is -0.346 e. The molecule has 0 radical (unpaired) electrons. The lowest BCUT2D eigenvalue weighted by Gasteiger charge is -2.01. The van der Waals surface area contributed by atoms with Gasteiger partial charge in [0, 0.05) is 6.42 Å². The zero-order chi connectivity index (χ0) is 9.61. The summed E-state index contributed by atoms with van der Waals surface area (Å²) in [5.74, 6) is -1.26. The number of alkyl halides is 1. The number of rotatable bonds is 5. The van der Waals surface area contributed by atoms with Crippen molar-refractivity contribution in [2.45, 2.75) is 19.8 Å². The fourth-order valence-electron chi connectivity index (χ4n) is 0.474. The molecular formula is C6H11FO4S. The third-order valence-corrected chi connectivity index (χ3v) is 2.27. The summed E-state index contributed by atoms with van der Waals surface area (Å²) in [5.41, 5.74) is 0. The summed E-state index contributed by atoms with van der Waals surface area (Å²) in [6.07, 6.45) is -0.145. The molecule has 0 amide bonds. The lowest BCUT2D eigenvalue weighted by molar-refractivity contribution is -0.133. The van der Waals surface area contributed by atoms with E-state index in [1.807, 2.05) is 0 Å². The molecule has 12 heavy (non-hydrogen) atoms. The highest BCUT2D eigenvalue weighted by atomic mass is 32.2. The molecule has 0 atom stereocenters. The summed E-state index contributed by atoms with van der Waals surface area (Å²) in [4.78, 5) is 10.5. The molecule has 0 aliphatic rings. The van der Waals surface area contributed by atoms with Crippen LogP contribution in [-0.2, 0) is 19.1 Å². The first kappa shape index (κ1) is 11.4. The second-order valence-electron chi connectivity index (χ2n) is 2.11. The highest BCUT2D eigenvalue weighted by Crippen LogP contribution is 1.99. The Labute approximate surface area is 70.8 Å². The van der Waals surface area contributed by atoms with E-state index in [1.54, 1.807) is 0 Å². The van der Waals surface area contributed by atoms with E-state index in [0.29, 0.717) is 0 Å². The molecule has 0 saturated carbocycles. The fourth-order valence-corrected chi connectivity index (χ4v) is 1.42. The number of hydrogen-bond acceptors (Lipinski definition) is 4. The molecule has 0 aliphatic heterocycles. The number of hydrogen-bond donors (Lipinski definition) is 0. The van der Waals surface area contributed by atoms with Gasteiger partial charge in [0.25, 0.3) is 0 Å². The SMILES string of the molecule is CCC(=O)OS(=O)(=O)CCCF. The Balaban J connectivity index is 3.96. The maximum atomic E-state index is 11.5. The lowest BCUT2D eigenvalue weighted by Crippen LogP contribution is -2.15. The van der Waals surface area contributed by atoms with Crippen LogP contribution < -0.4 is 0 Å². The minimum absolute atomic E-state index is 0.00510. The standard InChI is InChI=1S/C6H11FO4S/c1-2-6(8)11-12(9,10)5-3-4-7/h2-5H2,1H3. The van der Waals surface area contributed by atoms with E-state index in [2.05, 4.69) is 4.18 Å². The molecule has 0 aliphatic carbocycles. The third kappa shape index (κ3) is 5.06. The van der Waals surface area contributed by atoms with E-state index in [1.165, 1.54) is 6.92 Å². The van der Waals surface area contributed by atoms with Gasteiger partial charge in [-0.3, -0.25) is 9.18 Å². The van der Waals surface area contributed by atoms with Gasteiger partial charge in [0.05, 0.1) is 12.4 Å². The zero-order valence-corrected chi connectivity index (χ0v) is 7.56. The fraction of sp³-hybridized carbons (Fsp3) is 0.833. The van der Waals surface area contributed by atoms with Gasteiger partial charge in [0.15, 0.2) is 0 Å². The maximum Gasteiger partial charge on any atom is 0.321 e. The Kier molecular flexibility index (Phi) is 4.80. The molecule has 0 saturated heterocycles. The van der Waals surface area contributed by atoms with E-state index in [9.17, 15) is 17.6 Å². The van der Waals surface area contributed by atoms with Crippen molar-refractivity contribution >= 4 is 16.1 Å². The Hall–Kier alpha value is -0.650. The van der Waals surface area contributed by atoms with Crippen LogP contribution >= 0.6 is 0 Å². The Morgan fingerprint density at radius 3 is 2.50 bits per heavy atom. The molecule has 0 rings (SSSR count). The van der Waals surface area contributed by atoms with Crippen LogP contribution in [0, 0.1) is 0 Å². The van der Waals surface area contributed by atoms with Gasteiger partial charge in [0.2, 0.25) is 0 Å². The van der Waals surface area contributed by atoms with Crippen LogP contribution in [0.3, 0.4) is 0 Å². The maximum absolute atomic E-state index is 11.5. The van der Waals surface area contributed by atoms with Crippen LogP contribution in [0.4, 0.5) is 4.39 Å². The van der Waals surface area contributed by atoms with Gasteiger partial charge in [-0.05, 0) is 6.42 Å². The minimum atomic E-state index is -3.84. The summed E-state index contributed by atoms with van der Waals surface area (Å²) in [5, 5.41) is 0. The van der Waals surface area contributed by atoms with Gasteiger partial charge in [-0.1, -0.05) is 6.92 Å². The van der Waals surface area contributed by atoms with Crippen molar-refractivity contribution in [3.8, 4) is 0 Å². The van der Waals surface area contributed by atoms with Crippen molar-refractivity contribution in [3.05, 3.63) is 0 Å². The predicted molar refractivity (Wildman–Crippen MR) is 40.8 cm³/mol. The largest absolute Gasteiger partial charge is 0.346 e. The van der Waals surface area contributed by atoms with Gasteiger partial charge in [0.1, 0.15) is 0 Å². The number of halogens is 1. The lowest BCUT2D eigenvalue weighted by atomic mass is 10.5. The molecule has 72 valence electrons. The Morgan fingerprint density at radius 2 is 2.08 bits per heavy atom. The smallest absolute Gasteiger partial charge is 0.321 e. The second-order valence-corrected chi connectivity index (χ2v) is 3.80. The molecule has 0 aromatic heterocycles. The third-order valence-electron chi connectivity index (χ3n) is 1.04. The summed E-state index contributed by atoms with van der Waals surface area (Å²) >= 11 is 0. The van der Waals surface area contributed by atoms with E-state index in [0.717, 1.165) is 0 Å². The van der Waals surface area contributed by atoms with Crippen LogP contribution in [0.25, 0.3) is 0 Å². The van der Waals surface area contributed by atoms with Crippen LogP contribution in [0.5, 0.6) is 0 Å². The van der Waals surface area contributed by atoms with Crippen molar-refractivity contribution in [2.75, 3.05) is 12.4 Å². The number of carbonyl (C=O) groups excluding carboxylic acids is 1. The number of carbonyl (C=O) groups is 1. The van der Waals surface area contributed by atoms with Gasteiger partial charge < -0.3 is 4.18 Å². The van der Waals surface area contributed by atoms with Crippen molar-refractivity contribution in [3.63, 3.8) is 0 Å². The normalized spacial score (nSPS) is 11.2. The molecule has 6 heteroatoms. The van der Waals surface area contributed by atoms with Crippen molar-refractivity contribution in [1.82, 2.24) is 0 Å². The van der Waals surface area contributed by atoms with Gasteiger partial charge >= 0.3 is 16.1 Å². The van der Waals surface area contributed by atoms with Crippen molar-refractivity contribution in [2.24, 2.45) is 0 Å². The monoisotopic (exact) mass is 198 g/mol. The highest BCUT2D eigenvalue weighted by molar-refractivity contribution is 7.87. The topological polar surface area (TPSA) is 60.4 Å². The molecule has 0 heterocycles. The average molecular weight is 198 g/mol. The zero-order valence-electron chi connectivity index (χ0n) is 6.75. The first-order valence-electron chi connectivity index (χ1n) is 3.52. The van der Waals surface area contributed by atoms with Gasteiger partial charge in [-0.15, -0.1) is 0 Å². The molecule has 0 aromatic carbocycles. The Morgan fingerprint density at radius 1 is 1.50 bits per heavy atom. The van der Waals surface area contributed by atoms with E-state index in [-0.39, 0.29) is 12.8 Å². The van der Waals surface area contributed by atoms with Crippen molar-refractivity contribution < 1.29 is 21.8 Å². The molecule has 0 bridgehead atoms. The summed E-state index contributed by atoms with van der Waals surface area (Å²) in [6.45, 7) is 0.746. The van der Waals surface area contributed by atoms with Gasteiger partial charge in [-0.2, -0.15) is 8.42 Å². The summed E-state index contributed by atoms with van der Waals surface area (Å²) in [6, 6.07) is 0. The first-order chi connectivity index (χ1) is 5.52. The molecule has 0 spiro atoms. The second kappa shape index (κ2) is 5.08. The summed E-state index contributed by atoms with van der Waals surface area (Å²) in [7, 11) is -3.84. The highest BCUT2D eigenvalue weighted by Gasteiger charge is 2.14. The van der Waals surface area contributed by atoms with E-state index in [4.69, 9.17) is 0 Å². The summed E-state index contributed by atoms with van der Waals surface area (Å²) < 4.78 is 37.1. The van der Waals surface area contributed by atoms with Crippen LogP contribution in [0.15, 0.2) is 0 Å². The average Bonchev–Trinajstić information content (AvgIpc) is 2.00. The van der Waals surface area contributed by atoms with Crippen LogP contribution in [-0.4, -0.2) is 26.8 Å². The molecule has 0 fully saturated rings. The van der Waals surface area contributed by atoms with Crippen LogP contribution in [0.1, 0.15) is 19.8 Å². The molecule has 0 unspecified atom stereocenters. The molecule has 4 nitrogen and oxygen atoms in total. The molecular weight excluding hydrogens is 187 g/mol. The van der Waals surface area contributed by atoms with Gasteiger partial charge in [-0.25, -0.2) is 0 Å². The Bertz CT molecular complexity index is 234. The van der Waals surface area contributed by atoms with E-state index < -0.39 is 28.5 Å². The molecule has 0 aromatic rings.